The molecule has 280 valence electrons. The molecule has 9 nitrogen and oxygen atoms in total. The molecule has 2 fully saturated rings. The van der Waals surface area contributed by atoms with Gasteiger partial charge in [0.15, 0.2) is 0 Å². The number of amides is 1. The van der Waals surface area contributed by atoms with Gasteiger partial charge in [0.1, 0.15) is 5.75 Å². The summed E-state index contributed by atoms with van der Waals surface area (Å²) in [6, 6.07) is 14.1. The van der Waals surface area contributed by atoms with Gasteiger partial charge in [0.25, 0.3) is 5.91 Å². The number of carboxylic acids is 1. The monoisotopic (exact) mass is 729 g/mol. The number of halogens is 3. The van der Waals surface area contributed by atoms with E-state index in [0.29, 0.717) is 35.5 Å². The van der Waals surface area contributed by atoms with Gasteiger partial charge in [-0.25, -0.2) is 0 Å². The van der Waals surface area contributed by atoms with Crippen LogP contribution < -0.4 is 10.1 Å². The number of anilines is 1. The number of ether oxygens (including phenoxy) is 1. The van der Waals surface area contributed by atoms with E-state index in [-0.39, 0.29) is 30.6 Å². The van der Waals surface area contributed by atoms with Crippen molar-refractivity contribution in [1.29, 1.82) is 0 Å². The standard InChI is InChI=1S/C41H46F3N5O4/c1-5-47-18-15-33(16-19-47)49-25-32(22-45-49)39(50)46-37-11-7-10-35(27(37)3)34-9-6-8-28(26(34)2)12-13-29-21-38(53-4)31(20-36(29)41(42,43)44)24-48-17-14-30(23-48)40(51)52/h6-13,20-22,25,30,33H,5,14-19,23-24H2,1-4H3,(H,46,50)(H,51,52). The second kappa shape index (κ2) is 16.0. The number of aliphatic carboxylic acids is 1. The SMILES string of the molecule is CCN1CCC(n2cc(C(=O)Nc3cccc(-c4cccc(C=Cc5cc(OC)c(CN6CCC(C(=O)O)C6)cc5C(F)(F)F)c4C)c3C)cn2)CC1. The molecule has 0 saturated carbocycles. The molecule has 2 aliphatic heterocycles. The van der Waals surface area contributed by atoms with Crippen LogP contribution in [0.2, 0.25) is 0 Å². The highest BCUT2D eigenvalue weighted by atomic mass is 19.4. The van der Waals surface area contributed by atoms with Gasteiger partial charge in [0.2, 0.25) is 0 Å². The normalized spacial score (nSPS) is 17.5. The van der Waals surface area contributed by atoms with Gasteiger partial charge in [-0.15, -0.1) is 0 Å². The Balaban J connectivity index is 1.22. The van der Waals surface area contributed by atoms with E-state index in [9.17, 15) is 27.9 Å². The van der Waals surface area contributed by atoms with Crippen molar-refractivity contribution in [3.05, 3.63) is 99.9 Å². The number of benzene rings is 3. The molecule has 2 aliphatic rings. The molecular formula is C41H46F3N5O4. The number of methoxy groups -OCH3 is 1. The van der Waals surface area contributed by atoms with Crippen molar-refractivity contribution in [1.82, 2.24) is 19.6 Å². The zero-order valence-corrected chi connectivity index (χ0v) is 30.5. The highest BCUT2D eigenvalue weighted by molar-refractivity contribution is 6.04. The summed E-state index contributed by atoms with van der Waals surface area (Å²) in [5.74, 6) is -1.38. The summed E-state index contributed by atoms with van der Waals surface area (Å²) >= 11 is 0. The van der Waals surface area contributed by atoms with Gasteiger partial charge in [0, 0.05) is 43.6 Å². The maximum atomic E-state index is 14.4. The van der Waals surface area contributed by atoms with Crippen LogP contribution in [0.4, 0.5) is 18.9 Å². The van der Waals surface area contributed by atoms with Crippen LogP contribution in [-0.4, -0.2) is 76.4 Å². The quantitative estimate of drug-likeness (QED) is 0.150. The Morgan fingerprint density at radius 1 is 0.962 bits per heavy atom. The van der Waals surface area contributed by atoms with Gasteiger partial charge in [0.05, 0.1) is 36.4 Å². The molecule has 1 amide bonds. The number of likely N-dealkylation sites (tertiary alicyclic amines) is 2. The van der Waals surface area contributed by atoms with Crippen LogP contribution in [-0.2, 0) is 17.5 Å². The molecule has 0 aliphatic carbocycles. The third-order valence-electron chi connectivity index (χ3n) is 10.7. The van der Waals surface area contributed by atoms with Crippen LogP contribution in [0.15, 0.2) is 60.9 Å². The molecule has 3 heterocycles. The minimum Gasteiger partial charge on any atom is -0.496 e. The molecule has 0 radical (unpaired) electrons. The van der Waals surface area contributed by atoms with E-state index in [0.717, 1.165) is 66.4 Å². The van der Waals surface area contributed by atoms with Gasteiger partial charge in [-0.3, -0.25) is 19.2 Å². The van der Waals surface area contributed by atoms with Crippen LogP contribution in [0.25, 0.3) is 23.3 Å². The summed E-state index contributed by atoms with van der Waals surface area (Å²) in [5, 5.41) is 16.9. The Kier molecular flexibility index (Phi) is 11.4. The predicted molar refractivity (Wildman–Crippen MR) is 200 cm³/mol. The summed E-state index contributed by atoms with van der Waals surface area (Å²) in [4.78, 5) is 29.0. The van der Waals surface area contributed by atoms with E-state index in [4.69, 9.17) is 4.74 Å². The third-order valence-corrected chi connectivity index (χ3v) is 10.7. The van der Waals surface area contributed by atoms with Crippen molar-refractivity contribution in [3.63, 3.8) is 0 Å². The summed E-state index contributed by atoms with van der Waals surface area (Å²) in [5.41, 5.74) is 4.91. The van der Waals surface area contributed by atoms with Crippen LogP contribution in [0.5, 0.6) is 5.75 Å². The number of nitrogens with one attached hydrogen (secondary N) is 1. The number of rotatable bonds is 11. The molecule has 1 atom stereocenters. The highest BCUT2D eigenvalue weighted by Gasteiger charge is 2.35. The van der Waals surface area contributed by atoms with E-state index < -0.39 is 23.6 Å². The van der Waals surface area contributed by atoms with Crippen molar-refractivity contribution >= 4 is 29.7 Å². The van der Waals surface area contributed by atoms with E-state index in [2.05, 4.69) is 22.2 Å². The maximum absolute atomic E-state index is 14.4. The molecular weight excluding hydrogens is 683 g/mol. The van der Waals surface area contributed by atoms with E-state index >= 15 is 0 Å². The van der Waals surface area contributed by atoms with Crippen LogP contribution in [0.1, 0.15) is 76.0 Å². The molecule has 3 aromatic carbocycles. The topological polar surface area (TPSA) is 99.9 Å². The van der Waals surface area contributed by atoms with Crippen LogP contribution in [0, 0.1) is 19.8 Å². The van der Waals surface area contributed by atoms with Crippen molar-refractivity contribution < 1.29 is 32.6 Å². The zero-order chi connectivity index (χ0) is 37.9. The first-order valence-electron chi connectivity index (χ1n) is 18.0. The fourth-order valence-electron chi connectivity index (χ4n) is 7.47. The average Bonchev–Trinajstić information content (AvgIpc) is 3.83. The Bertz CT molecular complexity index is 2000. The van der Waals surface area contributed by atoms with Gasteiger partial charge in [-0.1, -0.05) is 49.4 Å². The Hall–Kier alpha value is -4.94. The molecule has 1 aromatic heterocycles. The van der Waals surface area contributed by atoms with Gasteiger partial charge in [-0.2, -0.15) is 18.3 Å². The molecule has 2 saturated heterocycles. The molecule has 0 bridgehead atoms. The highest BCUT2D eigenvalue weighted by Crippen LogP contribution is 2.39. The maximum Gasteiger partial charge on any atom is 0.417 e. The first kappa shape index (κ1) is 37.8. The number of carbonyl (C=O) groups is 2. The first-order chi connectivity index (χ1) is 25.4. The Morgan fingerprint density at radius 2 is 1.64 bits per heavy atom. The average molecular weight is 730 g/mol. The largest absolute Gasteiger partial charge is 0.496 e. The Morgan fingerprint density at radius 3 is 2.30 bits per heavy atom. The number of carboxylic acid groups (broad SMARTS) is 1. The van der Waals surface area contributed by atoms with E-state index in [1.807, 2.05) is 66.0 Å². The zero-order valence-electron chi connectivity index (χ0n) is 30.5. The summed E-state index contributed by atoms with van der Waals surface area (Å²) in [7, 11) is 1.42. The second-order valence-electron chi connectivity index (χ2n) is 14.0. The van der Waals surface area contributed by atoms with Crippen LogP contribution >= 0.6 is 0 Å². The summed E-state index contributed by atoms with van der Waals surface area (Å²) < 4.78 is 50.7. The van der Waals surface area contributed by atoms with Crippen molar-refractivity contribution in [2.24, 2.45) is 5.92 Å². The predicted octanol–water partition coefficient (Wildman–Crippen LogP) is 8.18. The molecule has 53 heavy (non-hydrogen) atoms. The van der Waals surface area contributed by atoms with Gasteiger partial charge >= 0.3 is 12.1 Å². The molecule has 0 spiro atoms. The number of piperidine rings is 1. The number of nitrogens with zero attached hydrogens (tertiary/aromatic N) is 4. The third kappa shape index (κ3) is 8.49. The fraction of sp³-hybridized carbons (Fsp3) is 0.390. The molecule has 12 heteroatoms. The molecule has 6 rings (SSSR count). The number of carbonyl (C=O) groups excluding carboxylic acids is 1. The lowest BCUT2D eigenvalue weighted by atomic mass is 9.92. The molecule has 4 aromatic rings. The smallest absolute Gasteiger partial charge is 0.417 e. The van der Waals surface area contributed by atoms with Crippen molar-refractivity contribution in [2.45, 2.75) is 58.8 Å². The van der Waals surface area contributed by atoms with E-state index in [1.54, 1.807) is 12.3 Å². The lowest BCUT2D eigenvalue weighted by Gasteiger charge is -2.31. The van der Waals surface area contributed by atoms with Crippen molar-refractivity contribution in [2.75, 3.05) is 45.2 Å². The summed E-state index contributed by atoms with van der Waals surface area (Å²) in [6.07, 6.45) is 4.36. The summed E-state index contributed by atoms with van der Waals surface area (Å²) in [6.45, 7) is 10.00. The number of alkyl halides is 3. The van der Waals surface area contributed by atoms with Gasteiger partial charge in [-0.05, 0) is 97.8 Å². The Labute approximate surface area is 308 Å². The van der Waals surface area contributed by atoms with E-state index in [1.165, 1.54) is 19.3 Å². The number of hydrogen-bond acceptors (Lipinski definition) is 6. The number of aromatic nitrogens is 2. The first-order valence-corrected chi connectivity index (χ1v) is 18.0. The van der Waals surface area contributed by atoms with Gasteiger partial charge < -0.3 is 20.1 Å². The lowest BCUT2D eigenvalue weighted by Crippen LogP contribution is -2.34. The minimum absolute atomic E-state index is 0.0385. The second-order valence-corrected chi connectivity index (χ2v) is 14.0. The van der Waals surface area contributed by atoms with Crippen LogP contribution in [0.3, 0.4) is 0 Å². The fourth-order valence-corrected chi connectivity index (χ4v) is 7.47. The molecule has 1 unspecified atom stereocenters. The van der Waals surface area contributed by atoms with Crippen molar-refractivity contribution in [3.8, 4) is 16.9 Å². The molecule has 2 N–H and O–H groups in total. The minimum atomic E-state index is -4.63. The lowest BCUT2D eigenvalue weighted by molar-refractivity contribution is -0.141. The number of hydrogen-bond donors (Lipinski definition) is 2.